The molecule has 13 heteroatoms. The summed E-state index contributed by atoms with van der Waals surface area (Å²) in [6.45, 7) is 2.33. The maximum atomic E-state index is 13.3. The van der Waals surface area contributed by atoms with E-state index in [2.05, 4.69) is 25.6 Å². The highest BCUT2D eigenvalue weighted by Crippen LogP contribution is 2.38. The molecule has 0 radical (unpaired) electrons. The lowest BCUT2D eigenvalue weighted by molar-refractivity contribution is -0.143. The van der Waals surface area contributed by atoms with E-state index < -0.39 is 29.2 Å². The van der Waals surface area contributed by atoms with Gasteiger partial charge in [-0.3, -0.25) is 0 Å². The molecule has 1 aliphatic rings. The molecule has 0 unspecified atom stereocenters. The first-order chi connectivity index (χ1) is 15.9. The molecule has 0 atom stereocenters. The Bertz CT molecular complexity index is 1130. The molecule has 1 saturated carbocycles. The summed E-state index contributed by atoms with van der Waals surface area (Å²) in [6.07, 6.45) is -6.31. The van der Waals surface area contributed by atoms with Gasteiger partial charge in [-0.25, -0.2) is 4.98 Å². The molecule has 3 aromatic rings. The Kier molecular flexibility index (Phi) is 6.32. The lowest BCUT2D eigenvalue weighted by Crippen LogP contribution is -2.29. The first-order valence-corrected chi connectivity index (χ1v) is 10.7. The number of rotatable bonds is 5. The van der Waals surface area contributed by atoms with Crippen LogP contribution in [0.1, 0.15) is 43.7 Å². The Balaban J connectivity index is 1.74. The van der Waals surface area contributed by atoms with Crippen molar-refractivity contribution in [2.75, 3.05) is 10.6 Å². The number of nitrogens with one attached hydrogen (secondary N) is 2. The first-order valence-electron chi connectivity index (χ1n) is 10.7. The van der Waals surface area contributed by atoms with E-state index in [1.807, 2.05) is 6.92 Å². The minimum atomic E-state index is -4.97. The molecule has 0 aliphatic heterocycles. The van der Waals surface area contributed by atoms with Gasteiger partial charge in [-0.05, 0) is 50.8 Å². The molecule has 0 saturated heterocycles. The predicted molar refractivity (Wildman–Crippen MR) is 113 cm³/mol. The maximum Gasteiger partial charge on any atom is 0.416 e. The zero-order valence-corrected chi connectivity index (χ0v) is 18.0. The van der Waals surface area contributed by atoms with Crippen molar-refractivity contribution >= 4 is 28.6 Å². The fourth-order valence-electron chi connectivity index (χ4n) is 3.89. The lowest BCUT2D eigenvalue weighted by Gasteiger charge is -2.26. The van der Waals surface area contributed by atoms with Gasteiger partial charge in [0.2, 0.25) is 5.95 Å². The number of imidazole rings is 1. The van der Waals surface area contributed by atoms with E-state index >= 15 is 0 Å². The minimum Gasteiger partial charge on any atom is -0.393 e. The van der Waals surface area contributed by atoms with Gasteiger partial charge < -0.3 is 20.3 Å². The Morgan fingerprint density at radius 1 is 0.971 bits per heavy atom. The number of halogens is 6. The van der Waals surface area contributed by atoms with Crippen molar-refractivity contribution < 1.29 is 31.4 Å². The molecular formula is C21H22F6N6O. The lowest BCUT2D eigenvalue weighted by atomic mass is 9.93. The van der Waals surface area contributed by atoms with Crippen molar-refractivity contribution in [3.8, 4) is 0 Å². The van der Waals surface area contributed by atoms with Crippen LogP contribution in [0.3, 0.4) is 0 Å². The molecule has 184 valence electrons. The molecule has 34 heavy (non-hydrogen) atoms. The molecule has 2 heterocycles. The predicted octanol–water partition coefficient (Wildman–Crippen LogP) is 5.34. The molecule has 0 amide bonds. The fourth-order valence-corrected chi connectivity index (χ4v) is 3.89. The van der Waals surface area contributed by atoms with Gasteiger partial charge in [-0.15, -0.1) is 0 Å². The van der Waals surface area contributed by atoms with Crippen molar-refractivity contribution in [1.82, 2.24) is 19.5 Å². The van der Waals surface area contributed by atoms with Crippen molar-refractivity contribution in [2.24, 2.45) is 0 Å². The van der Waals surface area contributed by atoms with Crippen LogP contribution < -0.4 is 10.6 Å². The number of aromatic nitrogens is 4. The van der Waals surface area contributed by atoms with E-state index in [0.29, 0.717) is 50.0 Å². The summed E-state index contributed by atoms with van der Waals surface area (Å²) in [6, 6.07) is 1.22. The molecule has 0 bridgehead atoms. The Labute approximate surface area is 190 Å². The molecule has 2 aromatic heterocycles. The number of fused-ring (bicyclic) bond motifs is 1. The van der Waals surface area contributed by atoms with Crippen LogP contribution in [-0.2, 0) is 18.9 Å². The molecule has 3 N–H and O–H groups in total. The van der Waals surface area contributed by atoms with E-state index in [1.165, 1.54) is 6.33 Å². The highest BCUT2D eigenvalue weighted by molar-refractivity contribution is 5.86. The highest BCUT2D eigenvalue weighted by atomic mass is 19.4. The second-order valence-corrected chi connectivity index (χ2v) is 8.17. The van der Waals surface area contributed by atoms with Gasteiger partial charge in [0.05, 0.1) is 23.6 Å². The van der Waals surface area contributed by atoms with E-state index in [0.717, 1.165) is 0 Å². The number of aliphatic hydroxyl groups is 1. The van der Waals surface area contributed by atoms with E-state index in [9.17, 15) is 31.4 Å². The van der Waals surface area contributed by atoms with E-state index in [-0.39, 0.29) is 35.5 Å². The van der Waals surface area contributed by atoms with Gasteiger partial charge >= 0.3 is 12.4 Å². The molecule has 1 fully saturated rings. The summed E-state index contributed by atoms with van der Waals surface area (Å²) in [4.78, 5) is 13.0. The number of aliphatic hydroxyl groups excluding tert-OH is 1. The quantitative estimate of drug-likeness (QED) is 0.420. The molecule has 4 rings (SSSR count). The Hall–Kier alpha value is -3.09. The van der Waals surface area contributed by atoms with Gasteiger partial charge in [-0.1, -0.05) is 0 Å². The van der Waals surface area contributed by atoms with Crippen LogP contribution in [0.2, 0.25) is 0 Å². The molecule has 1 aromatic carbocycles. The summed E-state index contributed by atoms with van der Waals surface area (Å²) in [5, 5.41) is 15.4. The second kappa shape index (κ2) is 8.93. The Morgan fingerprint density at radius 2 is 1.59 bits per heavy atom. The maximum absolute atomic E-state index is 13.3. The number of hydrogen-bond acceptors (Lipinski definition) is 6. The minimum absolute atomic E-state index is 0.0250. The van der Waals surface area contributed by atoms with Crippen molar-refractivity contribution in [3.05, 3.63) is 35.7 Å². The molecular weight excluding hydrogens is 466 g/mol. The van der Waals surface area contributed by atoms with E-state index in [4.69, 9.17) is 0 Å². The van der Waals surface area contributed by atoms with Gasteiger partial charge in [0.15, 0.2) is 17.0 Å². The van der Waals surface area contributed by atoms with Crippen LogP contribution in [0.15, 0.2) is 24.5 Å². The van der Waals surface area contributed by atoms with Crippen molar-refractivity contribution in [2.45, 2.75) is 63.7 Å². The fraction of sp³-hybridized carbons (Fsp3) is 0.476. The normalized spacial score (nSPS) is 19.4. The average molecular weight is 488 g/mol. The first kappa shape index (κ1) is 24.0. The van der Waals surface area contributed by atoms with Crippen LogP contribution in [-0.4, -0.2) is 36.8 Å². The third kappa shape index (κ3) is 5.18. The summed E-state index contributed by atoms with van der Waals surface area (Å²) >= 11 is 0. The highest BCUT2D eigenvalue weighted by Gasteiger charge is 2.37. The standard InChI is InChI=1S/C21H22F6N6O/c1-2-33-10-28-16-17(31-19(32-18(16)33)30-13-3-5-15(34)6-4-13)29-14-8-11(20(22,23)24)7-12(9-14)21(25,26)27/h7-10,13,15,34H,2-6H2,1H3,(H2,29,30,31,32)/t13-,15-. The third-order valence-corrected chi connectivity index (χ3v) is 5.68. The largest absolute Gasteiger partial charge is 0.416 e. The number of aryl methyl sites for hydroxylation is 1. The van der Waals surface area contributed by atoms with Crippen LogP contribution >= 0.6 is 0 Å². The molecule has 0 spiro atoms. The van der Waals surface area contributed by atoms with Gasteiger partial charge in [0.25, 0.3) is 0 Å². The van der Waals surface area contributed by atoms with Crippen LogP contribution in [0.25, 0.3) is 11.2 Å². The number of nitrogens with zero attached hydrogens (tertiary/aromatic N) is 4. The number of benzene rings is 1. The number of alkyl halides is 6. The topological polar surface area (TPSA) is 87.9 Å². The molecule has 7 nitrogen and oxygen atoms in total. The average Bonchev–Trinajstić information content (AvgIpc) is 3.17. The van der Waals surface area contributed by atoms with Gasteiger partial charge in [0, 0.05) is 18.3 Å². The zero-order chi connectivity index (χ0) is 24.7. The third-order valence-electron chi connectivity index (χ3n) is 5.68. The summed E-state index contributed by atoms with van der Waals surface area (Å²) in [5.41, 5.74) is -2.72. The SMILES string of the molecule is CCn1cnc2c(Nc3cc(C(F)(F)F)cc(C(F)(F)F)c3)nc(N[C@H]3CC[C@H](O)CC3)nc21. The van der Waals surface area contributed by atoms with E-state index in [1.54, 1.807) is 4.57 Å². The van der Waals surface area contributed by atoms with Crippen molar-refractivity contribution in [3.63, 3.8) is 0 Å². The van der Waals surface area contributed by atoms with Crippen LogP contribution in [0.5, 0.6) is 0 Å². The van der Waals surface area contributed by atoms with Crippen molar-refractivity contribution in [1.29, 1.82) is 0 Å². The van der Waals surface area contributed by atoms with Crippen LogP contribution in [0, 0.1) is 0 Å². The summed E-state index contributed by atoms with van der Waals surface area (Å²) in [7, 11) is 0. The summed E-state index contributed by atoms with van der Waals surface area (Å²) < 4.78 is 81.3. The molecule has 1 aliphatic carbocycles. The number of anilines is 3. The smallest absolute Gasteiger partial charge is 0.393 e. The van der Waals surface area contributed by atoms with Gasteiger partial charge in [0.1, 0.15) is 0 Å². The zero-order valence-electron chi connectivity index (χ0n) is 18.0. The second-order valence-electron chi connectivity index (χ2n) is 8.17. The Morgan fingerprint density at radius 3 is 2.15 bits per heavy atom. The monoisotopic (exact) mass is 488 g/mol. The number of hydrogen-bond donors (Lipinski definition) is 3. The summed E-state index contributed by atoms with van der Waals surface area (Å²) in [5.74, 6) is 0.137. The van der Waals surface area contributed by atoms with Crippen LogP contribution in [0.4, 0.5) is 43.8 Å². The van der Waals surface area contributed by atoms with Gasteiger partial charge in [-0.2, -0.15) is 36.3 Å².